The van der Waals surface area contributed by atoms with Gasteiger partial charge in [-0.3, -0.25) is 15.0 Å². The first-order valence-electron chi connectivity index (χ1n) is 6.80. The van der Waals surface area contributed by atoms with E-state index in [-0.39, 0.29) is 0 Å². The number of rotatable bonds is 4. The third-order valence-corrected chi connectivity index (χ3v) is 2.99. The highest BCUT2D eigenvalue weighted by Gasteiger charge is 2.00. The average Bonchev–Trinajstić information content (AvgIpc) is 2.58. The summed E-state index contributed by atoms with van der Waals surface area (Å²) < 4.78 is 5.61. The molecule has 2 aromatic heterocycles. The van der Waals surface area contributed by atoms with Gasteiger partial charge in [-0.25, -0.2) is 4.98 Å². The lowest BCUT2D eigenvalue weighted by Crippen LogP contribution is -1.88. The second-order valence-corrected chi connectivity index (χ2v) is 4.63. The van der Waals surface area contributed by atoms with E-state index in [1.165, 1.54) is 0 Å². The lowest BCUT2D eigenvalue weighted by atomic mass is 10.1. The minimum atomic E-state index is 0.474. The van der Waals surface area contributed by atoms with E-state index in [0.717, 1.165) is 22.6 Å². The summed E-state index contributed by atoms with van der Waals surface area (Å²) in [5, 5.41) is 0. The molecule has 108 valence electrons. The normalized spacial score (nSPS) is 11.2. The second kappa shape index (κ2) is 6.58. The summed E-state index contributed by atoms with van der Waals surface area (Å²) in [5.74, 6) is 1.19. The second-order valence-electron chi connectivity index (χ2n) is 4.63. The van der Waals surface area contributed by atoms with Crippen molar-refractivity contribution in [3.8, 4) is 11.6 Å². The van der Waals surface area contributed by atoms with Gasteiger partial charge in [0.2, 0.25) is 5.88 Å². The largest absolute Gasteiger partial charge is 0.438 e. The van der Waals surface area contributed by atoms with Crippen molar-refractivity contribution in [1.29, 1.82) is 0 Å². The first-order valence-corrected chi connectivity index (χ1v) is 6.80. The van der Waals surface area contributed by atoms with Crippen LogP contribution in [0.5, 0.6) is 11.6 Å². The molecular formula is C17H14N4O. The molecule has 2 heterocycles. The zero-order chi connectivity index (χ0) is 15.2. The Labute approximate surface area is 128 Å². The van der Waals surface area contributed by atoms with Crippen LogP contribution in [-0.2, 0) is 0 Å². The first kappa shape index (κ1) is 13.9. The Hall–Kier alpha value is -3.08. The number of hydrogen-bond donors (Lipinski definition) is 0. The molecule has 22 heavy (non-hydrogen) atoms. The molecule has 1 aromatic carbocycles. The molecule has 5 nitrogen and oxygen atoms in total. The number of aromatic nitrogens is 4. The number of hydrogen-bond acceptors (Lipinski definition) is 5. The van der Waals surface area contributed by atoms with Crippen LogP contribution in [0.2, 0.25) is 0 Å². The first-order chi connectivity index (χ1) is 10.8. The molecule has 5 heteroatoms. The molecule has 0 aliphatic carbocycles. The topological polar surface area (TPSA) is 60.8 Å². The Bertz CT molecular complexity index is 756. The Kier molecular flexibility index (Phi) is 4.15. The van der Waals surface area contributed by atoms with Crippen molar-refractivity contribution in [3.05, 3.63) is 72.7 Å². The summed E-state index contributed by atoms with van der Waals surface area (Å²) >= 11 is 0. The molecule has 0 N–H and O–H groups in total. The molecule has 0 spiro atoms. The molecule has 0 saturated carbocycles. The molecule has 0 radical (unpaired) electrons. The van der Waals surface area contributed by atoms with Crippen molar-refractivity contribution < 1.29 is 4.74 Å². The Balaban J connectivity index is 1.74. The molecule has 0 saturated heterocycles. The molecule has 3 rings (SSSR count). The van der Waals surface area contributed by atoms with Gasteiger partial charge in [-0.15, -0.1) is 0 Å². The molecular weight excluding hydrogens is 276 g/mol. The van der Waals surface area contributed by atoms with Crippen molar-refractivity contribution in [2.75, 3.05) is 0 Å². The van der Waals surface area contributed by atoms with Crippen molar-refractivity contribution in [2.24, 2.45) is 0 Å². The third kappa shape index (κ3) is 3.52. The van der Waals surface area contributed by atoms with Crippen molar-refractivity contribution in [3.63, 3.8) is 0 Å². The molecule has 3 aromatic rings. The molecule has 0 fully saturated rings. The zero-order valence-corrected chi connectivity index (χ0v) is 12.0. The molecule has 0 atom stereocenters. The van der Waals surface area contributed by atoms with Crippen LogP contribution in [0, 0.1) is 0 Å². The van der Waals surface area contributed by atoms with Crippen LogP contribution in [0.15, 0.2) is 61.4 Å². The third-order valence-electron chi connectivity index (χ3n) is 2.99. The highest BCUT2D eigenvalue weighted by atomic mass is 16.5. The van der Waals surface area contributed by atoms with Gasteiger partial charge in [-0.2, -0.15) is 0 Å². The van der Waals surface area contributed by atoms with E-state index in [1.54, 1.807) is 37.2 Å². The molecule has 0 amide bonds. The van der Waals surface area contributed by atoms with Crippen LogP contribution >= 0.6 is 0 Å². The summed E-state index contributed by atoms with van der Waals surface area (Å²) in [5.41, 5.74) is 2.98. The van der Waals surface area contributed by atoms with Crippen LogP contribution in [-0.4, -0.2) is 19.9 Å². The highest BCUT2D eigenvalue weighted by molar-refractivity contribution is 5.78. The maximum absolute atomic E-state index is 5.61. The predicted octanol–water partition coefficient (Wildman–Crippen LogP) is 3.62. The van der Waals surface area contributed by atoms with Gasteiger partial charge in [0.05, 0.1) is 18.1 Å². The minimum Gasteiger partial charge on any atom is -0.438 e. The Morgan fingerprint density at radius 1 is 0.909 bits per heavy atom. The van der Waals surface area contributed by atoms with Gasteiger partial charge < -0.3 is 4.74 Å². The smallest absolute Gasteiger partial charge is 0.237 e. The van der Waals surface area contributed by atoms with Crippen molar-refractivity contribution >= 4 is 11.6 Å². The molecule has 0 aliphatic heterocycles. The molecule has 0 aliphatic rings. The van der Waals surface area contributed by atoms with Crippen LogP contribution in [0.25, 0.3) is 11.6 Å². The van der Waals surface area contributed by atoms with Gasteiger partial charge in [0.15, 0.2) is 0 Å². The van der Waals surface area contributed by atoms with Crippen LogP contribution in [0.4, 0.5) is 0 Å². The minimum absolute atomic E-state index is 0.474. The lowest BCUT2D eigenvalue weighted by Gasteiger charge is -2.04. The van der Waals surface area contributed by atoms with Gasteiger partial charge in [0, 0.05) is 24.8 Å². The van der Waals surface area contributed by atoms with E-state index in [9.17, 15) is 0 Å². The Morgan fingerprint density at radius 3 is 2.27 bits per heavy atom. The summed E-state index contributed by atoms with van der Waals surface area (Å²) in [6.07, 6.45) is 11.9. The number of benzene rings is 1. The summed E-state index contributed by atoms with van der Waals surface area (Å²) in [6, 6.07) is 7.74. The average molecular weight is 290 g/mol. The summed E-state index contributed by atoms with van der Waals surface area (Å²) in [6.45, 7) is 2.01. The van der Waals surface area contributed by atoms with Gasteiger partial charge in [-0.05, 0) is 36.3 Å². The van der Waals surface area contributed by atoms with E-state index in [4.69, 9.17) is 4.74 Å². The standard InChI is InChI=1S/C17H14N4O/c1-13(16-11-18-6-8-20-16)10-14-2-4-15(5-3-14)22-17-12-19-7-9-21-17/h2-12H,1H3/b13-10-. The van der Waals surface area contributed by atoms with Gasteiger partial charge in [-0.1, -0.05) is 12.1 Å². The molecule has 0 bridgehead atoms. The van der Waals surface area contributed by atoms with Gasteiger partial charge in [0.25, 0.3) is 0 Å². The summed E-state index contributed by atoms with van der Waals surface area (Å²) in [4.78, 5) is 16.4. The number of nitrogens with zero attached hydrogens (tertiary/aromatic N) is 4. The van der Waals surface area contributed by atoms with E-state index in [1.807, 2.05) is 31.2 Å². The van der Waals surface area contributed by atoms with Gasteiger partial charge in [0.1, 0.15) is 5.75 Å². The van der Waals surface area contributed by atoms with Crippen molar-refractivity contribution in [2.45, 2.75) is 6.92 Å². The summed E-state index contributed by atoms with van der Waals surface area (Å²) in [7, 11) is 0. The predicted molar refractivity (Wildman–Crippen MR) is 84.1 cm³/mol. The van der Waals surface area contributed by atoms with Crippen LogP contribution < -0.4 is 4.74 Å². The fourth-order valence-electron chi connectivity index (χ4n) is 1.92. The maximum atomic E-state index is 5.61. The van der Waals surface area contributed by atoms with Crippen LogP contribution in [0.3, 0.4) is 0 Å². The number of ether oxygens (including phenoxy) is 1. The monoisotopic (exact) mass is 290 g/mol. The van der Waals surface area contributed by atoms with Crippen molar-refractivity contribution in [1.82, 2.24) is 19.9 Å². The SMILES string of the molecule is C/C(=C/c1ccc(Oc2cnccn2)cc1)c1cnccn1. The fraction of sp³-hybridized carbons (Fsp3) is 0.0588. The van der Waals surface area contributed by atoms with Crippen LogP contribution in [0.1, 0.15) is 18.2 Å². The van der Waals surface area contributed by atoms with E-state index >= 15 is 0 Å². The van der Waals surface area contributed by atoms with E-state index < -0.39 is 0 Å². The Morgan fingerprint density at radius 2 is 1.64 bits per heavy atom. The highest BCUT2D eigenvalue weighted by Crippen LogP contribution is 2.21. The fourth-order valence-corrected chi connectivity index (χ4v) is 1.92. The number of allylic oxidation sites excluding steroid dienone is 1. The van der Waals surface area contributed by atoms with Gasteiger partial charge >= 0.3 is 0 Å². The maximum Gasteiger partial charge on any atom is 0.237 e. The molecule has 0 unspecified atom stereocenters. The van der Waals surface area contributed by atoms with E-state index in [2.05, 4.69) is 26.0 Å². The zero-order valence-electron chi connectivity index (χ0n) is 12.0. The van der Waals surface area contributed by atoms with E-state index in [0.29, 0.717) is 5.88 Å². The lowest BCUT2D eigenvalue weighted by molar-refractivity contribution is 0.460. The quantitative estimate of drug-likeness (QED) is 0.734.